The van der Waals surface area contributed by atoms with Crippen LogP contribution in [0.5, 0.6) is 0 Å². The van der Waals surface area contributed by atoms with E-state index in [-0.39, 0.29) is 0 Å². The maximum absolute atomic E-state index is 4.14. The van der Waals surface area contributed by atoms with Crippen LogP contribution in [0.4, 0.5) is 0 Å². The van der Waals surface area contributed by atoms with Crippen molar-refractivity contribution < 1.29 is 0 Å². The lowest BCUT2D eigenvalue weighted by atomic mass is 10.0. The number of aliphatic imine (C=N–C) groups is 1. The van der Waals surface area contributed by atoms with E-state index >= 15 is 0 Å². The molecule has 0 atom stereocenters. The van der Waals surface area contributed by atoms with Gasteiger partial charge in [-0.05, 0) is 24.1 Å². The summed E-state index contributed by atoms with van der Waals surface area (Å²) in [6.45, 7) is 2.14. The summed E-state index contributed by atoms with van der Waals surface area (Å²) in [4.78, 5) is 4.14. The molecule has 0 unspecified atom stereocenters. The zero-order valence-corrected chi connectivity index (χ0v) is 7.12. The molecule has 0 aromatic heterocycles. The van der Waals surface area contributed by atoms with Crippen molar-refractivity contribution in [1.29, 1.82) is 0 Å². The van der Waals surface area contributed by atoms with Gasteiger partial charge in [0.2, 0.25) is 0 Å². The Bertz CT molecular complexity index is 348. The summed E-state index contributed by atoms with van der Waals surface area (Å²) in [6.07, 6.45) is 4.88. The van der Waals surface area contributed by atoms with E-state index in [0.29, 0.717) is 0 Å². The Labute approximate surface area is 72.5 Å². The third kappa shape index (κ3) is 1.30. The third-order valence-corrected chi connectivity index (χ3v) is 2.14. The van der Waals surface area contributed by atoms with Crippen LogP contribution in [0.15, 0.2) is 41.5 Å². The maximum Gasteiger partial charge on any atom is 0.0462 e. The molecule has 0 radical (unpaired) electrons. The molecule has 1 aromatic carbocycles. The second-order valence-electron chi connectivity index (χ2n) is 3.04. The highest BCUT2D eigenvalue weighted by Crippen LogP contribution is 2.11. The quantitative estimate of drug-likeness (QED) is 0.625. The van der Waals surface area contributed by atoms with Gasteiger partial charge in [0.15, 0.2) is 0 Å². The van der Waals surface area contributed by atoms with Crippen molar-refractivity contribution in [3.8, 4) is 0 Å². The fraction of sp³-hybridized carbons (Fsp3) is 0.182. The molecule has 0 amide bonds. The summed E-state index contributed by atoms with van der Waals surface area (Å²) in [5.74, 6) is 0. The fourth-order valence-corrected chi connectivity index (χ4v) is 1.29. The van der Waals surface area contributed by atoms with Crippen molar-refractivity contribution in [1.82, 2.24) is 0 Å². The van der Waals surface area contributed by atoms with Crippen LogP contribution in [-0.4, -0.2) is 5.71 Å². The van der Waals surface area contributed by atoms with Gasteiger partial charge in [-0.3, -0.25) is 4.99 Å². The second kappa shape index (κ2) is 2.94. The highest BCUT2D eigenvalue weighted by Gasteiger charge is 2.03. The van der Waals surface area contributed by atoms with E-state index in [4.69, 9.17) is 0 Å². The number of rotatable bonds is 2. The lowest BCUT2D eigenvalue weighted by Crippen LogP contribution is -2.04. The fourth-order valence-electron chi connectivity index (χ4n) is 1.29. The molecule has 1 aliphatic rings. The summed E-state index contributed by atoms with van der Waals surface area (Å²) >= 11 is 0. The zero-order valence-electron chi connectivity index (χ0n) is 7.12. The second-order valence-corrected chi connectivity index (χ2v) is 3.04. The molecule has 1 heterocycles. The van der Waals surface area contributed by atoms with Crippen molar-refractivity contribution in [3.63, 3.8) is 0 Å². The van der Waals surface area contributed by atoms with Crippen molar-refractivity contribution in [2.24, 2.45) is 4.99 Å². The van der Waals surface area contributed by atoms with Crippen molar-refractivity contribution in [2.45, 2.75) is 13.3 Å². The first-order valence-corrected chi connectivity index (χ1v) is 4.14. The smallest absolute Gasteiger partial charge is 0.0462 e. The van der Waals surface area contributed by atoms with E-state index < -0.39 is 0 Å². The van der Waals surface area contributed by atoms with E-state index in [2.05, 4.69) is 42.3 Å². The van der Waals surface area contributed by atoms with Crippen LogP contribution >= 0.6 is 0 Å². The molecule has 12 heavy (non-hydrogen) atoms. The van der Waals surface area contributed by atoms with E-state index in [1.165, 1.54) is 16.8 Å². The molecular weight excluding hydrogens is 146 g/mol. The molecule has 0 aliphatic carbocycles. The standard InChI is InChI=1S/C11H11N/c1-9-4-2-3-5-10(9)8-11-6-7-12-11/h2-7H,8H2,1H3. The van der Waals surface area contributed by atoms with Crippen LogP contribution in [0.1, 0.15) is 11.1 Å². The van der Waals surface area contributed by atoms with Crippen molar-refractivity contribution >= 4 is 5.71 Å². The van der Waals surface area contributed by atoms with Gasteiger partial charge in [0, 0.05) is 18.3 Å². The topological polar surface area (TPSA) is 12.4 Å². The number of benzene rings is 1. The van der Waals surface area contributed by atoms with E-state index in [0.717, 1.165) is 6.42 Å². The molecule has 0 saturated carbocycles. The largest absolute Gasteiger partial charge is 0.261 e. The summed E-state index contributed by atoms with van der Waals surface area (Å²) in [5.41, 5.74) is 3.91. The molecule has 60 valence electrons. The summed E-state index contributed by atoms with van der Waals surface area (Å²) in [5, 5.41) is 0. The van der Waals surface area contributed by atoms with Gasteiger partial charge in [-0.25, -0.2) is 0 Å². The Morgan fingerprint density at radius 1 is 1.25 bits per heavy atom. The van der Waals surface area contributed by atoms with E-state index in [1.807, 2.05) is 6.20 Å². The normalized spacial score (nSPS) is 13.9. The minimum atomic E-state index is 0.975. The third-order valence-electron chi connectivity index (χ3n) is 2.14. The van der Waals surface area contributed by atoms with E-state index in [1.54, 1.807) is 0 Å². The molecule has 1 aliphatic heterocycles. The summed E-state index contributed by atoms with van der Waals surface area (Å²) in [7, 11) is 0. The molecule has 0 saturated heterocycles. The van der Waals surface area contributed by atoms with Crippen molar-refractivity contribution in [2.75, 3.05) is 0 Å². The van der Waals surface area contributed by atoms with Gasteiger partial charge >= 0.3 is 0 Å². The van der Waals surface area contributed by atoms with Crippen LogP contribution in [0.25, 0.3) is 0 Å². The Hall–Kier alpha value is -1.37. The Balaban J connectivity index is 2.17. The number of allylic oxidation sites excluding steroid dienone is 1. The minimum absolute atomic E-state index is 0.975. The van der Waals surface area contributed by atoms with Gasteiger partial charge in [-0.1, -0.05) is 24.3 Å². The summed E-state index contributed by atoms with van der Waals surface area (Å²) in [6, 6.07) is 8.44. The molecule has 0 bridgehead atoms. The first-order valence-electron chi connectivity index (χ1n) is 4.14. The molecule has 0 N–H and O–H groups in total. The number of nitrogens with zero attached hydrogens (tertiary/aromatic N) is 1. The number of hydrogen-bond acceptors (Lipinski definition) is 1. The van der Waals surface area contributed by atoms with Gasteiger partial charge in [-0.15, -0.1) is 0 Å². The first-order chi connectivity index (χ1) is 5.86. The molecule has 1 heteroatoms. The van der Waals surface area contributed by atoms with Crippen LogP contribution < -0.4 is 0 Å². The first kappa shape index (κ1) is 7.29. The lowest BCUT2D eigenvalue weighted by Gasteiger charge is -2.07. The van der Waals surface area contributed by atoms with Crippen LogP contribution in [0, 0.1) is 6.92 Å². The van der Waals surface area contributed by atoms with Gasteiger partial charge in [-0.2, -0.15) is 0 Å². The minimum Gasteiger partial charge on any atom is -0.261 e. The molecule has 2 rings (SSSR count). The van der Waals surface area contributed by atoms with Crippen LogP contribution in [0.2, 0.25) is 0 Å². The maximum atomic E-state index is 4.14. The van der Waals surface area contributed by atoms with Crippen molar-refractivity contribution in [3.05, 3.63) is 47.7 Å². The van der Waals surface area contributed by atoms with Crippen LogP contribution in [-0.2, 0) is 6.42 Å². The van der Waals surface area contributed by atoms with E-state index in [9.17, 15) is 0 Å². The molecule has 1 aromatic rings. The number of hydrogen-bond donors (Lipinski definition) is 0. The highest BCUT2D eigenvalue weighted by molar-refractivity contribution is 6.00. The monoisotopic (exact) mass is 157 g/mol. The van der Waals surface area contributed by atoms with Gasteiger partial charge in [0.05, 0.1) is 0 Å². The van der Waals surface area contributed by atoms with Gasteiger partial charge in [0.25, 0.3) is 0 Å². The average Bonchev–Trinajstić information content (AvgIpc) is 2.00. The van der Waals surface area contributed by atoms with Gasteiger partial charge in [0.1, 0.15) is 0 Å². The summed E-state index contributed by atoms with van der Waals surface area (Å²) < 4.78 is 0. The molecular formula is C11H11N. The highest BCUT2D eigenvalue weighted by atomic mass is 14.7. The van der Waals surface area contributed by atoms with Crippen LogP contribution in [0.3, 0.4) is 0 Å². The predicted octanol–water partition coefficient (Wildman–Crippen LogP) is 2.51. The Morgan fingerprint density at radius 2 is 2.00 bits per heavy atom. The lowest BCUT2D eigenvalue weighted by molar-refractivity contribution is 1.23. The average molecular weight is 157 g/mol. The molecule has 0 fully saturated rings. The number of aryl methyl sites for hydroxylation is 1. The molecule has 1 nitrogen and oxygen atoms in total. The predicted molar refractivity (Wildman–Crippen MR) is 51.5 cm³/mol. The Morgan fingerprint density at radius 3 is 2.58 bits per heavy atom. The SMILES string of the molecule is Cc1ccccc1CC1=NC=C1. The van der Waals surface area contributed by atoms with Gasteiger partial charge < -0.3 is 0 Å². The zero-order chi connectivity index (χ0) is 8.39. The molecule has 0 spiro atoms. The Kier molecular flexibility index (Phi) is 1.78.